The first-order valence-corrected chi connectivity index (χ1v) is 8.94. The van der Waals surface area contributed by atoms with Crippen LogP contribution in [0, 0.1) is 0 Å². The monoisotopic (exact) mass is 387 g/mol. The summed E-state index contributed by atoms with van der Waals surface area (Å²) in [5.41, 5.74) is 3.31. The molecule has 4 heteroatoms. The molecular weight excluding hydrogens is 370 g/mol. The number of rotatable bonds is 5. The molecule has 0 aliphatic heterocycles. The number of alkyl halides is 2. The standard InChI is InChI=1S/C15H19Br2NO/c1-2-15(9-16,10-17)18-14(19)13-7-6-11-4-3-5-12(11)8-13/h6-8H,2-5,9-10H2,1H3,(H,18,19). The van der Waals surface area contributed by atoms with E-state index < -0.39 is 0 Å². The third-order valence-electron chi connectivity index (χ3n) is 3.93. The zero-order valence-corrected chi connectivity index (χ0v) is 14.3. The fraction of sp³-hybridized carbons (Fsp3) is 0.533. The van der Waals surface area contributed by atoms with Gasteiger partial charge >= 0.3 is 0 Å². The summed E-state index contributed by atoms with van der Waals surface area (Å²) in [6.07, 6.45) is 4.35. The van der Waals surface area contributed by atoms with Gasteiger partial charge in [0.15, 0.2) is 0 Å². The molecule has 0 radical (unpaired) electrons. The van der Waals surface area contributed by atoms with Crippen LogP contribution in [0.5, 0.6) is 0 Å². The number of amides is 1. The Kier molecular flexibility index (Phi) is 5.07. The van der Waals surface area contributed by atoms with Crippen LogP contribution in [0.15, 0.2) is 18.2 Å². The molecule has 1 aliphatic carbocycles. The zero-order chi connectivity index (χ0) is 13.9. The Labute approximate surface area is 131 Å². The van der Waals surface area contributed by atoms with E-state index in [9.17, 15) is 4.79 Å². The molecule has 0 unspecified atom stereocenters. The van der Waals surface area contributed by atoms with Gasteiger partial charge in [0.25, 0.3) is 5.91 Å². The molecule has 0 fully saturated rings. The van der Waals surface area contributed by atoms with Crippen LogP contribution >= 0.6 is 31.9 Å². The summed E-state index contributed by atoms with van der Waals surface area (Å²) in [4.78, 5) is 12.4. The van der Waals surface area contributed by atoms with Gasteiger partial charge in [0.2, 0.25) is 0 Å². The number of hydrogen-bond donors (Lipinski definition) is 1. The van der Waals surface area contributed by atoms with Crippen molar-refractivity contribution in [2.75, 3.05) is 10.7 Å². The number of nitrogens with one attached hydrogen (secondary N) is 1. The molecule has 0 heterocycles. The fourth-order valence-corrected chi connectivity index (χ4v) is 4.41. The maximum Gasteiger partial charge on any atom is 0.251 e. The van der Waals surface area contributed by atoms with E-state index in [1.165, 1.54) is 17.5 Å². The lowest BCUT2D eigenvalue weighted by atomic mass is 10.00. The average molecular weight is 389 g/mol. The summed E-state index contributed by atoms with van der Waals surface area (Å²) in [6.45, 7) is 2.09. The Bertz CT molecular complexity index is 461. The molecule has 1 amide bonds. The third kappa shape index (κ3) is 3.22. The molecule has 0 atom stereocenters. The summed E-state index contributed by atoms with van der Waals surface area (Å²) in [5.74, 6) is 0.0236. The Morgan fingerprint density at radius 2 is 1.95 bits per heavy atom. The van der Waals surface area contributed by atoms with Gasteiger partial charge in [-0.15, -0.1) is 0 Å². The smallest absolute Gasteiger partial charge is 0.251 e. The predicted molar refractivity (Wildman–Crippen MR) is 86.5 cm³/mol. The second kappa shape index (κ2) is 6.40. The van der Waals surface area contributed by atoms with Crippen LogP contribution < -0.4 is 5.32 Å². The van der Waals surface area contributed by atoms with Crippen LogP contribution in [0.25, 0.3) is 0 Å². The lowest BCUT2D eigenvalue weighted by molar-refractivity contribution is 0.0915. The normalized spacial score (nSPS) is 14.3. The van der Waals surface area contributed by atoms with Gasteiger partial charge in [-0.3, -0.25) is 4.79 Å². The van der Waals surface area contributed by atoms with Gasteiger partial charge in [-0.25, -0.2) is 0 Å². The van der Waals surface area contributed by atoms with E-state index in [-0.39, 0.29) is 11.4 Å². The molecule has 1 aliphatic rings. The highest BCUT2D eigenvalue weighted by Crippen LogP contribution is 2.24. The van der Waals surface area contributed by atoms with E-state index in [1.807, 2.05) is 6.07 Å². The van der Waals surface area contributed by atoms with Crippen LogP contribution in [0.4, 0.5) is 0 Å². The molecule has 0 saturated carbocycles. The number of fused-ring (bicyclic) bond motifs is 1. The van der Waals surface area contributed by atoms with Crippen molar-refractivity contribution in [1.29, 1.82) is 0 Å². The highest BCUT2D eigenvalue weighted by molar-refractivity contribution is 9.09. The summed E-state index contributed by atoms with van der Waals surface area (Å²) in [7, 11) is 0. The highest BCUT2D eigenvalue weighted by atomic mass is 79.9. The number of halogens is 2. The highest BCUT2D eigenvalue weighted by Gasteiger charge is 2.28. The molecule has 104 valence electrons. The van der Waals surface area contributed by atoms with Crippen molar-refractivity contribution < 1.29 is 4.79 Å². The third-order valence-corrected chi connectivity index (χ3v) is 6.07. The van der Waals surface area contributed by atoms with Crippen molar-refractivity contribution in [3.63, 3.8) is 0 Å². The minimum Gasteiger partial charge on any atom is -0.345 e. The van der Waals surface area contributed by atoms with Gasteiger partial charge in [-0.05, 0) is 48.9 Å². The molecule has 1 aromatic rings. The molecule has 0 saturated heterocycles. The van der Waals surface area contributed by atoms with Gasteiger partial charge < -0.3 is 5.32 Å². The largest absolute Gasteiger partial charge is 0.345 e. The van der Waals surface area contributed by atoms with Crippen LogP contribution in [0.2, 0.25) is 0 Å². The van der Waals surface area contributed by atoms with Gasteiger partial charge in [0.1, 0.15) is 0 Å². The fourth-order valence-electron chi connectivity index (χ4n) is 2.41. The Morgan fingerprint density at radius 3 is 2.58 bits per heavy atom. The van der Waals surface area contributed by atoms with E-state index in [2.05, 4.69) is 56.2 Å². The Balaban J connectivity index is 2.16. The van der Waals surface area contributed by atoms with Crippen LogP contribution in [-0.4, -0.2) is 22.1 Å². The summed E-state index contributed by atoms with van der Waals surface area (Å²) in [6, 6.07) is 6.11. The summed E-state index contributed by atoms with van der Waals surface area (Å²) < 4.78 is 0. The maximum absolute atomic E-state index is 12.4. The minimum absolute atomic E-state index is 0.0236. The summed E-state index contributed by atoms with van der Waals surface area (Å²) >= 11 is 7.00. The number of aryl methyl sites for hydroxylation is 2. The number of benzene rings is 1. The van der Waals surface area contributed by atoms with E-state index in [0.717, 1.165) is 35.5 Å². The van der Waals surface area contributed by atoms with E-state index in [1.54, 1.807) is 0 Å². The van der Waals surface area contributed by atoms with Gasteiger partial charge in [-0.1, -0.05) is 44.8 Å². The Morgan fingerprint density at radius 1 is 1.26 bits per heavy atom. The predicted octanol–water partition coefficient (Wildman–Crippen LogP) is 3.84. The number of carbonyl (C=O) groups is 1. The topological polar surface area (TPSA) is 29.1 Å². The number of carbonyl (C=O) groups excluding carboxylic acids is 1. The quantitative estimate of drug-likeness (QED) is 0.762. The molecule has 19 heavy (non-hydrogen) atoms. The zero-order valence-electron chi connectivity index (χ0n) is 11.1. The van der Waals surface area contributed by atoms with Crippen LogP contribution in [0.1, 0.15) is 41.3 Å². The molecule has 1 aromatic carbocycles. The lowest BCUT2D eigenvalue weighted by Gasteiger charge is -2.30. The first-order chi connectivity index (χ1) is 9.14. The molecule has 0 bridgehead atoms. The van der Waals surface area contributed by atoms with Gasteiger partial charge in [0.05, 0.1) is 5.54 Å². The van der Waals surface area contributed by atoms with Crippen molar-refractivity contribution >= 4 is 37.8 Å². The van der Waals surface area contributed by atoms with Crippen LogP contribution in [-0.2, 0) is 12.8 Å². The van der Waals surface area contributed by atoms with Crippen LogP contribution in [0.3, 0.4) is 0 Å². The minimum atomic E-state index is -0.212. The van der Waals surface area contributed by atoms with E-state index >= 15 is 0 Å². The van der Waals surface area contributed by atoms with E-state index in [0.29, 0.717) is 0 Å². The second-order valence-electron chi connectivity index (χ2n) is 5.19. The molecule has 2 nitrogen and oxygen atoms in total. The second-order valence-corrected chi connectivity index (χ2v) is 6.31. The van der Waals surface area contributed by atoms with Gasteiger partial charge in [0, 0.05) is 16.2 Å². The van der Waals surface area contributed by atoms with Crippen molar-refractivity contribution in [3.8, 4) is 0 Å². The van der Waals surface area contributed by atoms with Gasteiger partial charge in [-0.2, -0.15) is 0 Å². The van der Waals surface area contributed by atoms with Crippen molar-refractivity contribution in [3.05, 3.63) is 34.9 Å². The molecule has 0 aromatic heterocycles. The average Bonchev–Trinajstić information content (AvgIpc) is 2.92. The molecule has 1 N–H and O–H groups in total. The molecule has 2 rings (SSSR count). The van der Waals surface area contributed by atoms with E-state index in [4.69, 9.17) is 0 Å². The van der Waals surface area contributed by atoms with Crippen molar-refractivity contribution in [2.45, 2.75) is 38.1 Å². The molecular formula is C15H19Br2NO. The van der Waals surface area contributed by atoms with Crippen molar-refractivity contribution in [2.24, 2.45) is 0 Å². The first kappa shape index (κ1) is 15.0. The van der Waals surface area contributed by atoms with Crippen molar-refractivity contribution in [1.82, 2.24) is 5.32 Å². The first-order valence-electron chi connectivity index (χ1n) is 6.70. The lowest BCUT2D eigenvalue weighted by Crippen LogP contribution is -2.51. The summed E-state index contributed by atoms with van der Waals surface area (Å²) in [5, 5.41) is 4.65. The molecule has 0 spiro atoms. The Hall–Kier alpha value is -0.350. The maximum atomic E-state index is 12.4. The SMILES string of the molecule is CCC(CBr)(CBr)NC(=O)c1ccc2c(c1)CCC2. The number of hydrogen-bond acceptors (Lipinski definition) is 1.